The van der Waals surface area contributed by atoms with E-state index in [0.717, 1.165) is 12.8 Å². The number of benzene rings is 3. The molecule has 3 aromatic carbocycles. The zero-order valence-corrected chi connectivity index (χ0v) is 30.8. The Morgan fingerprint density at radius 3 is 1.90 bits per heavy atom. The van der Waals surface area contributed by atoms with Gasteiger partial charge in [-0.2, -0.15) is 41.0 Å². The van der Waals surface area contributed by atoms with Gasteiger partial charge in [-0.15, -0.1) is 5.56 Å². The van der Waals surface area contributed by atoms with Gasteiger partial charge in [0.15, 0.2) is 0 Å². The van der Waals surface area contributed by atoms with Crippen molar-refractivity contribution in [2.24, 2.45) is 11.3 Å². The van der Waals surface area contributed by atoms with Crippen molar-refractivity contribution >= 4 is 3.71 Å². The second-order valence-corrected chi connectivity index (χ2v) is 15.7. The van der Waals surface area contributed by atoms with Crippen LogP contribution in [0.15, 0.2) is 71.8 Å². The van der Waals surface area contributed by atoms with Crippen LogP contribution in [0.5, 0.6) is 0 Å². The fourth-order valence-corrected chi connectivity index (χ4v) is 5.86. The van der Waals surface area contributed by atoms with Gasteiger partial charge in [-0.1, -0.05) is 129 Å². The molecular weight excluding hydrogens is 584 g/mol. The first-order chi connectivity index (χ1) is 19.4. The molecule has 1 atom stereocenters. The molecule has 3 aromatic rings. The summed E-state index contributed by atoms with van der Waals surface area (Å²) in [6.07, 6.45) is 7.98. The summed E-state index contributed by atoms with van der Waals surface area (Å²) < 4.78 is 2.19. The molecular formula is C41H52Zr. The van der Waals surface area contributed by atoms with Crippen molar-refractivity contribution in [3.05, 3.63) is 117 Å². The molecule has 0 N–H and O–H groups in total. The minimum atomic E-state index is 0.177. The Kier molecular flexibility index (Phi) is 11.2. The summed E-state index contributed by atoms with van der Waals surface area (Å²) in [4.78, 5) is 0. The van der Waals surface area contributed by atoms with Crippen LogP contribution in [0.3, 0.4) is 0 Å². The number of aryl methyl sites for hydroxylation is 1. The van der Waals surface area contributed by atoms with E-state index in [9.17, 15) is 0 Å². The van der Waals surface area contributed by atoms with Gasteiger partial charge in [0.2, 0.25) is 0 Å². The van der Waals surface area contributed by atoms with Crippen molar-refractivity contribution < 1.29 is 24.2 Å². The van der Waals surface area contributed by atoms with E-state index in [1.807, 2.05) is 0 Å². The third-order valence-electron chi connectivity index (χ3n) is 8.08. The van der Waals surface area contributed by atoms with E-state index in [2.05, 4.69) is 160 Å². The topological polar surface area (TPSA) is 0 Å². The van der Waals surface area contributed by atoms with Crippen LogP contribution in [0.1, 0.15) is 116 Å². The molecule has 1 unspecified atom stereocenters. The molecule has 0 aliphatic heterocycles. The van der Waals surface area contributed by atoms with Crippen molar-refractivity contribution in [2.75, 3.05) is 0 Å². The summed E-state index contributed by atoms with van der Waals surface area (Å²) >= 11 is 1.47. The Balaban J connectivity index is 0.000000194. The zero-order chi connectivity index (χ0) is 31.5. The molecule has 0 spiro atoms. The van der Waals surface area contributed by atoms with Crippen LogP contribution < -0.4 is 0 Å². The Morgan fingerprint density at radius 1 is 0.810 bits per heavy atom. The van der Waals surface area contributed by atoms with Crippen molar-refractivity contribution in [1.82, 2.24) is 0 Å². The molecule has 0 amide bonds. The van der Waals surface area contributed by atoms with E-state index >= 15 is 0 Å². The summed E-state index contributed by atoms with van der Waals surface area (Å²) in [5, 5.41) is 0. The second kappa shape index (κ2) is 13.7. The van der Waals surface area contributed by atoms with Gasteiger partial charge in [0.25, 0.3) is 0 Å². The summed E-state index contributed by atoms with van der Waals surface area (Å²) in [6, 6.07) is 23.6. The average molecular weight is 636 g/mol. The van der Waals surface area contributed by atoms with Crippen LogP contribution >= 0.6 is 0 Å². The molecule has 0 aromatic heterocycles. The quantitative estimate of drug-likeness (QED) is 0.192. The molecule has 0 heterocycles. The normalized spacial score (nSPS) is 15.8. The number of rotatable bonds is 2. The van der Waals surface area contributed by atoms with E-state index in [1.165, 1.54) is 79.9 Å². The van der Waals surface area contributed by atoms with Crippen LogP contribution in [0.2, 0.25) is 0 Å². The molecule has 0 fully saturated rings. The van der Waals surface area contributed by atoms with E-state index in [4.69, 9.17) is 0 Å². The summed E-state index contributed by atoms with van der Waals surface area (Å²) in [6.45, 7) is 27.0. The van der Waals surface area contributed by atoms with Crippen LogP contribution in [-0.4, -0.2) is 3.71 Å². The number of allylic oxidation sites excluding steroid dienone is 4. The Hall–Kier alpha value is -2.11. The van der Waals surface area contributed by atoms with Crippen LogP contribution in [-0.2, 0) is 41.5 Å². The van der Waals surface area contributed by atoms with Crippen molar-refractivity contribution in [3.63, 3.8) is 0 Å². The number of hydrogen-bond donors (Lipinski definition) is 0. The molecule has 1 heteroatoms. The number of hydrogen-bond acceptors (Lipinski definition) is 0. The first kappa shape index (κ1) is 34.4. The molecule has 0 saturated carbocycles. The first-order valence-corrected chi connectivity index (χ1v) is 17.0. The van der Waals surface area contributed by atoms with Gasteiger partial charge in [0.1, 0.15) is 0 Å². The summed E-state index contributed by atoms with van der Waals surface area (Å²) in [7, 11) is 0. The second-order valence-electron chi connectivity index (χ2n) is 15.0. The monoisotopic (exact) mass is 634 g/mol. The molecule has 2 aliphatic rings. The van der Waals surface area contributed by atoms with Crippen molar-refractivity contribution in [3.8, 4) is 11.1 Å². The zero-order valence-electron chi connectivity index (χ0n) is 28.3. The van der Waals surface area contributed by atoms with Gasteiger partial charge in [0, 0.05) is 0 Å². The van der Waals surface area contributed by atoms with Gasteiger partial charge in [-0.25, -0.2) is 5.57 Å². The van der Waals surface area contributed by atoms with Crippen molar-refractivity contribution in [1.29, 1.82) is 0 Å². The fraction of sp³-hybridized carbons (Fsp3) is 0.439. The number of fused-ring (bicyclic) bond motifs is 3. The molecule has 0 nitrogen and oxygen atoms in total. The molecule has 0 radical (unpaired) electrons. The predicted molar refractivity (Wildman–Crippen MR) is 181 cm³/mol. The van der Waals surface area contributed by atoms with Crippen LogP contribution in [0.25, 0.3) is 11.1 Å². The molecule has 2 aliphatic carbocycles. The molecule has 42 heavy (non-hydrogen) atoms. The minimum absolute atomic E-state index is 0.177. The molecule has 220 valence electrons. The van der Waals surface area contributed by atoms with Gasteiger partial charge in [-0.05, 0) is 17.4 Å². The maximum atomic E-state index is 3.53. The SMILES string of the molecule is CC(C)(C)c1c[c-]c2c(c1)-c1cc(C(C)(C)C)ccc1C2.CCC1=[C-]C(C)C=C1C(C)(C)C.Cc1ccc([CH]=[Zr+2])cc1. The third-order valence-corrected chi connectivity index (χ3v) is 8.89. The van der Waals surface area contributed by atoms with Crippen LogP contribution in [0.4, 0.5) is 0 Å². The van der Waals surface area contributed by atoms with Crippen LogP contribution in [0, 0.1) is 30.4 Å². The van der Waals surface area contributed by atoms with Gasteiger partial charge in [-0.3, -0.25) is 6.08 Å². The van der Waals surface area contributed by atoms with Gasteiger partial charge >= 0.3 is 70.3 Å². The predicted octanol–water partition coefficient (Wildman–Crippen LogP) is 11.1. The van der Waals surface area contributed by atoms with E-state index in [0.29, 0.717) is 11.3 Å². The molecule has 5 rings (SSSR count). The Morgan fingerprint density at radius 2 is 1.40 bits per heavy atom. The molecule has 0 bridgehead atoms. The Labute approximate surface area is 273 Å². The van der Waals surface area contributed by atoms with E-state index in [1.54, 1.807) is 0 Å². The summed E-state index contributed by atoms with van der Waals surface area (Å²) in [5.74, 6) is 0.522. The first-order valence-electron chi connectivity index (χ1n) is 15.5. The van der Waals surface area contributed by atoms with E-state index < -0.39 is 0 Å². The third kappa shape index (κ3) is 8.95. The van der Waals surface area contributed by atoms with Gasteiger partial charge in [0.05, 0.1) is 0 Å². The molecule has 0 saturated heterocycles. The van der Waals surface area contributed by atoms with Crippen molar-refractivity contribution in [2.45, 2.75) is 107 Å². The maximum absolute atomic E-state index is 3.53. The average Bonchev–Trinajstić information content (AvgIpc) is 3.48. The van der Waals surface area contributed by atoms with E-state index in [-0.39, 0.29) is 10.8 Å². The summed E-state index contributed by atoms with van der Waals surface area (Å²) in [5.41, 5.74) is 14.6. The standard InChI is InChI=1S/C21H25.C12H19.C8H8.Zr/c1-20(2,3)16-9-7-14-11-15-8-10-17(21(4,5)6)13-19(15)18(14)12-16;1-6-10-7-9(2)8-11(10)12(3,4)5;1-7-3-5-8(2)6-4-7;/h7,9-10,12-13H,11H2,1-6H3;8-9H,6H2,1-5H3;1,3-6H,2H3;/q2*-1;;+2. The Bertz CT molecular complexity index is 1380. The van der Waals surface area contributed by atoms with Gasteiger partial charge < -0.3 is 0 Å². The fourth-order valence-electron chi connectivity index (χ4n) is 5.39.